The zero-order chi connectivity index (χ0) is 19.5. The molecule has 1 atom stereocenters. The van der Waals surface area contributed by atoms with E-state index in [1.807, 2.05) is 64.1 Å². The highest BCUT2D eigenvalue weighted by Crippen LogP contribution is 2.27. The standard InChI is InChI=1S/C22H23ClN2O3/c1-27-11-10-25-19-8-7-18(23)13-17(19)14-20(25)22(26)24-9-12-28-21(15-24)16-5-3-2-4-6-16/h2-8,13-14,21H,9-12,15H2,1H3/t21-/m0/s1. The van der Waals surface area contributed by atoms with E-state index in [1.54, 1.807) is 7.11 Å². The second-order valence-corrected chi connectivity index (χ2v) is 7.33. The second kappa shape index (κ2) is 8.35. The minimum absolute atomic E-state index is 0.00709. The van der Waals surface area contributed by atoms with Crippen molar-refractivity contribution in [3.05, 3.63) is 70.9 Å². The van der Waals surface area contributed by atoms with Crippen molar-refractivity contribution >= 4 is 28.4 Å². The predicted octanol–water partition coefficient (Wildman–Crippen LogP) is 4.15. The molecule has 1 aliphatic rings. The minimum atomic E-state index is -0.106. The Morgan fingerprint density at radius 3 is 2.82 bits per heavy atom. The van der Waals surface area contributed by atoms with Gasteiger partial charge in [0.05, 0.1) is 19.8 Å². The Morgan fingerprint density at radius 1 is 1.21 bits per heavy atom. The van der Waals surface area contributed by atoms with Crippen LogP contribution in [-0.4, -0.2) is 48.8 Å². The molecule has 4 rings (SSSR count). The third kappa shape index (κ3) is 3.78. The number of halogens is 1. The monoisotopic (exact) mass is 398 g/mol. The molecule has 0 bridgehead atoms. The van der Waals surface area contributed by atoms with Crippen molar-refractivity contribution in [1.29, 1.82) is 0 Å². The Labute approximate surface area is 169 Å². The Bertz CT molecular complexity index is 971. The van der Waals surface area contributed by atoms with Crippen LogP contribution >= 0.6 is 11.6 Å². The zero-order valence-electron chi connectivity index (χ0n) is 15.8. The van der Waals surface area contributed by atoms with Crippen molar-refractivity contribution in [3.8, 4) is 0 Å². The normalized spacial score (nSPS) is 17.2. The lowest BCUT2D eigenvalue weighted by Crippen LogP contribution is -2.43. The number of hydrogen-bond acceptors (Lipinski definition) is 3. The van der Waals surface area contributed by atoms with Gasteiger partial charge in [-0.15, -0.1) is 0 Å². The van der Waals surface area contributed by atoms with Crippen LogP contribution in [0.5, 0.6) is 0 Å². The summed E-state index contributed by atoms with van der Waals surface area (Å²) in [6.07, 6.45) is -0.106. The molecule has 3 aromatic rings. The first-order chi connectivity index (χ1) is 13.7. The van der Waals surface area contributed by atoms with Gasteiger partial charge in [0.2, 0.25) is 0 Å². The number of benzene rings is 2. The molecular formula is C22H23ClN2O3. The number of hydrogen-bond donors (Lipinski definition) is 0. The molecule has 0 saturated carbocycles. The van der Waals surface area contributed by atoms with E-state index in [0.717, 1.165) is 16.5 Å². The number of morpholine rings is 1. The summed E-state index contributed by atoms with van der Waals surface area (Å²) in [6, 6.07) is 17.7. The predicted molar refractivity (Wildman–Crippen MR) is 110 cm³/mol. The van der Waals surface area contributed by atoms with Crippen molar-refractivity contribution in [2.24, 2.45) is 0 Å². The SMILES string of the molecule is COCCn1c(C(=O)N2CCO[C@H](c3ccccc3)C2)cc2cc(Cl)ccc21. The van der Waals surface area contributed by atoms with Gasteiger partial charge in [0.1, 0.15) is 11.8 Å². The summed E-state index contributed by atoms with van der Waals surface area (Å²) in [7, 11) is 1.66. The summed E-state index contributed by atoms with van der Waals surface area (Å²) in [4.78, 5) is 15.3. The summed E-state index contributed by atoms with van der Waals surface area (Å²) in [5, 5.41) is 1.62. The Balaban J connectivity index is 1.64. The molecule has 0 N–H and O–H groups in total. The molecule has 2 heterocycles. The molecule has 0 aliphatic carbocycles. The second-order valence-electron chi connectivity index (χ2n) is 6.90. The third-order valence-corrected chi connectivity index (χ3v) is 5.36. The molecule has 1 fully saturated rings. The van der Waals surface area contributed by atoms with Crippen LogP contribution in [0.3, 0.4) is 0 Å². The highest BCUT2D eigenvalue weighted by Gasteiger charge is 2.28. The highest BCUT2D eigenvalue weighted by atomic mass is 35.5. The van der Waals surface area contributed by atoms with Crippen molar-refractivity contribution in [1.82, 2.24) is 9.47 Å². The average Bonchev–Trinajstić information content (AvgIpc) is 3.09. The molecular weight excluding hydrogens is 376 g/mol. The molecule has 0 radical (unpaired) electrons. The van der Waals surface area contributed by atoms with Crippen LogP contribution in [0.2, 0.25) is 5.02 Å². The van der Waals surface area contributed by atoms with Gasteiger partial charge in [-0.25, -0.2) is 0 Å². The van der Waals surface area contributed by atoms with Crippen LogP contribution < -0.4 is 0 Å². The maximum atomic E-state index is 13.4. The van der Waals surface area contributed by atoms with Gasteiger partial charge >= 0.3 is 0 Å². The van der Waals surface area contributed by atoms with E-state index in [4.69, 9.17) is 21.1 Å². The summed E-state index contributed by atoms with van der Waals surface area (Å²) in [6.45, 7) is 2.77. The molecule has 5 nitrogen and oxygen atoms in total. The van der Waals surface area contributed by atoms with Crippen LogP contribution in [0.15, 0.2) is 54.6 Å². The number of fused-ring (bicyclic) bond motifs is 1. The Morgan fingerprint density at radius 2 is 2.04 bits per heavy atom. The number of amides is 1. The largest absolute Gasteiger partial charge is 0.383 e. The number of ether oxygens (including phenoxy) is 2. The van der Waals surface area contributed by atoms with E-state index < -0.39 is 0 Å². The van der Waals surface area contributed by atoms with Crippen LogP contribution in [0.1, 0.15) is 22.2 Å². The topological polar surface area (TPSA) is 43.7 Å². The first-order valence-electron chi connectivity index (χ1n) is 9.41. The third-order valence-electron chi connectivity index (χ3n) is 5.13. The van der Waals surface area contributed by atoms with Crippen molar-refractivity contribution < 1.29 is 14.3 Å². The van der Waals surface area contributed by atoms with E-state index in [-0.39, 0.29) is 12.0 Å². The number of carbonyl (C=O) groups is 1. The quantitative estimate of drug-likeness (QED) is 0.648. The summed E-state index contributed by atoms with van der Waals surface area (Å²) >= 11 is 6.15. The number of rotatable bonds is 5. The molecule has 1 aromatic heterocycles. The van der Waals surface area contributed by atoms with Gasteiger partial charge in [-0.3, -0.25) is 4.79 Å². The van der Waals surface area contributed by atoms with Gasteiger partial charge in [0, 0.05) is 36.1 Å². The lowest BCUT2D eigenvalue weighted by molar-refractivity contribution is -0.0231. The fourth-order valence-electron chi connectivity index (χ4n) is 3.71. The van der Waals surface area contributed by atoms with Crippen LogP contribution in [0.4, 0.5) is 0 Å². The minimum Gasteiger partial charge on any atom is -0.383 e. The van der Waals surface area contributed by atoms with Crippen LogP contribution in [0, 0.1) is 0 Å². The van der Waals surface area contributed by atoms with E-state index in [1.165, 1.54) is 0 Å². The van der Waals surface area contributed by atoms with Crippen LogP contribution in [-0.2, 0) is 16.0 Å². The highest BCUT2D eigenvalue weighted by molar-refractivity contribution is 6.31. The fourth-order valence-corrected chi connectivity index (χ4v) is 3.89. The summed E-state index contributed by atoms with van der Waals surface area (Å²) in [5.74, 6) is 0.00709. The van der Waals surface area contributed by atoms with E-state index >= 15 is 0 Å². The fraction of sp³-hybridized carbons (Fsp3) is 0.318. The molecule has 1 saturated heterocycles. The maximum Gasteiger partial charge on any atom is 0.270 e. The first kappa shape index (κ1) is 19.0. The summed E-state index contributed by atoms with van der Waals surface area (Å²) < 4.78 is 13.2. The van der Waals surface area contributed by atoms with Gasteiger partial charge in [0.25, 0.3) is 5.91 Å². The molecule has 6 heteroatoms. The van der Waals surface area contributed by atoms with Gasteiger partial charge in [-0.1, -0.05) is 41.9 Å². The number of aromatic nitrogens is 1. The number of nitrogens with zero attached hydrogens (tertiary/aromatic N) is 2. The van der Waals surface area contributed by atoms with E-state index in [9.17, 15) is 4.79 Å². The van der Waals surface area contributed by atoms with Crippen molar-refractivity contribution in [2.45, 2.75) is 12.6 Å². The van der Waals surface area contributed by atoms with Gasteiger partial charge in [-0.05, 0) is 29.8 Å². The van der Waals surface area contributed by atoms with Crippen molar-refractivity contribution in [3.63, 3.8) is 0 Å². The van der Waals surface area contributed by atoms with Gasteiger partial charge in [0.15, 0.2) is 0 Å². The maximum absolute atomic E-state index is 13.4. The number of methoxy groups -OCH3 is 1. The van der Waals surface area contributed by atoms with E-state index in [2.05, 4.69) is 0 Å². The molecule has 0 spiro atoms. The molecule has 146 valence electrons. The zero-order valence-corrected chi connectivity index (χ0v) is 16.6. The molecule has 28 heavy (non-hydrogen) atoms. The molecule has 1 aliphatic heterocycles. The van der Waals surface area contributed by atoms with Gasteiger partial charge in [-0.2, -0.15) is 0 Å². The first-order valence-corrected chi connectivity index (χ1v) is 9.78. The number of carbonyl (C=O) groups excluding carboxylic acids is 1. The lowest BCUT2D eigenvalue weighted by Gasteiger charge is -2.33. The lowest BCUT2D eigenvalue weighted by atomic mass is 10.1. The molecule has 0 unspecified atom stereocenters. The smallest absolute Gasteiger partial charge is 0.270 e. The average molecular weight is 399 g/mol. The van der Waals surface area contributed by atoms with Crippen LogP contribution in [0.25, 0.3) is 10.9 Å². The van der Waals surface area contributed by atoms with Gasteiger partial charge < -0.3 is 18.9 Å². The van der Waals surface area contributed by atoms with E-state index in [0.29, 0.717) is 43.6 Å². The molecule has 2 aromatic carbocycles. The van der Waals surface area contributed by atoms with Crippen molar-refractivity contribution in [2.75, 3.05) is 33.4 Å². The Kier molecular flexibility index (Phi) is 5.67. The Hall–Kier alpha value is -2.34. The summed E-state index contributed by atoms with van der Waals surface area (Å²) in [5.41, 5.74) is 2.73. The molecule has 1 amide bonds.